The number of carbonyl (C=O) groups excluding carboxylic acids is 2. The normalized spacial score (nSPS) is 19.4. The number of hydrogen-bond acceptors (Lipinski definition) is 4. The summed E-state index contributed by atoms with van der Waals surface area (Å²) in [6.07, 6.45) is -2.73. The van der Waals surface area contributed by atoms with E-state index in [1.807, 2.05) is 30.3 Å². The molecule has 2 atom stereocenters. The summed E-state index contributed by atoms with van der Waals surface area (Å²) in [5.41, 5.74) is 1.03. The van der Waals surface area contributed by atoms with Crippen molar-refractivity contribution in [3.8, 4) is 0 Å². The molecule has 0 aliphatic heterocycles. The zero-order valence-corrected chi connectivity index (χ0v) is 15.7. The first kappa shape index (κ1) is 20.6. The van der Waals surface area contributed by atoms with Gasteiger partial charge in [-0.1, -0.05) is 30.3 Å². The predicted octanol–water partition coefficient (Wildman–Crippen LogP) is 4.94. The molecule has 1 aliphatic carbocycles. The fraction of sp³-hybridized carbons (Fsp3) is 0.273. The Morgan fingerprint density at radius 2 is 1.76 bits per heavy atom. The van der Waals surface area contributed by atoms with E-state index in [4.69, 9.17) is 4.74 Å². The lowest BCUT2D eigenvalue weighted by molar-refractivity contribution is -0.151. The average molecular weight is 403 g/mol. The molecule has 2 aromatic rings. The Bertz CT molecular complexity index is 905. The Labute approximate surface area is 166 Å². The van der Waals surface area contributed by atoms with Gasteiger partial charge in [0.05, 0.1) is 12.2 Å². The summed E-state index contributed by atoms with van der Waals surface area (Å²) in [4.78, 5) is 25.1. The van der Waals surface area contributed by atoms with Gasteiger partial charge in [0.15, 0.2) is 5.78 Å². The van der Waals surface area contributed by atoms with Crippen molar-refractivity contribution in [1.82, 2.24) is 0 Å². The lowest BCUT2D eigenvalue weighted by Gasteiger charge is -2.29. The van der Waals surface area contributed by atoms with Crippen molar-refractivity contribution in [1.29, 1.82) is 0 Å². The number of anilines is 1. The number of carbonyl (C=O) groups is 2. The molecule has 0 saturated heterocycles. The van der Waals surface area contributed by atoms with Crippen molar-refractivity contribution in [2.75, 3.05) is 11.9 Å². The van der Waals surface area contributed by atoms with E-state index in [0.717, 1.165) is 17.7 Å². The van der Waals surface area contributed by atoms with Crippen LogP contribution in [0.5, 0.6) is 0 Å². The maximum atomic E-state index is 12.7. The highest BCUT2D eigenvalue weighted by atomic mass is 19.4. The second kappa shape index (κ2) is 8.51. The largest absolute Gasteiger partial charge is 0.465 e. The standard InChI is InChI=1S/C22H20F3NO3/c1-2-29-21(28)20-18(14-6-4-3-5-7-14)12-17(13-19(20)27)26-16-10-8-15(9-11-16)22(23,24)25/h3-11,13,18,20,26H,2,12H2,1H3/t18-,20+/m0/s1. The van der Waals surface area contributed by atoms with Crippen molar-refractivity contribution >= 4 is 17.4 Å². The van der Waals surface area contributed by atoms with E-state index in [1.54, 1.807) is 6.92 Å². The molecule has 4 nitrogen and oxygen atoms in total. The second-order valence-electron chi connectivity index (χ2n) is 6.72. The van der Waals surface area contributed by atoms with Crippen LogP contribution in [0, 0.1) is 5.92 Å². The maximum absolute atomic E-state index is 12.7. The van der Waals surface area contributed by atoms with Gasteiger partial charge in [-0.15, -0.1) is 0 Å². The van der Waals surface area contributed by atoms with Crippen LogP contribution in [0.4, 0.5) is 18.9 Å². The van der Waals surface area contributed by atoms with Crippen molar-refractivity contribution in [3.05, 3.63) is 77.5 Å². The minimum Gasteiger partial charge on any atom is -0.465 e. The molecular weight excluding hydrogens is 383 g/mol. The number of benzene rings is 2. The molecule has 0 amide bonds. The van der Waals surface area contributed by atoms with Crippen LogP contribution in [-0.2, 0) is 20.5 Å². The van der Waals surface area contributed by atoms with Gasteiger partial charge < -0.3 is 10.1 Å². The molecule has 0 saturated carbocycles. The Balaban J connectivity index is 1.86. The zero-order chi connectivity index (χ0) is 21.0. The number of ether oxygens (including phenoxy) is 1. The lowest BCUT2D eigenvalue weighted by atomic mass is 9.76. The maximum Gasteiger partial charge on any atom is 0.416 e. The van der Waals surface area contributed by atoms with Gasteiger partial charge in [-0.25, -0.2) is 0 Å². The Morgan fingerprint density at radius 1 is 1.10 bits per heavy atom. The number of halogens is 3. The highest BCUT2D eigenvalue weighted by molar-refractivity contribution is 6.07. The van der Waals surface area contributed by atoms with Crippen LogP contribution in [0.2, 0.25) is 0 Å². The van der Waals surface area contributed by atoms with Crippen LogP contribution in [0.25, 0.3) is 0 Å². The number of nitrogens with one attached hydrogen (secondary N) is 1. The summed E-state index contributed by atoms with van der Waals surface area (Å²) in [5, 5.41) is 3.00. The van der Waals surface area contributed by atoms with Crippen molar-refractivity contribution in [2.45, 2.75) is 25.4 Å². The van der Waals surface area contributed by atoms with Gasteiger partial charge in [-0.3, -0.25) is 9.59 Å². The summed E-state index contributed by atoms with van der Waals surface area (Å²) in [6, 6.07) is 13.7. The van der Waals surface area contributed by atoms with Crippen molar-refractivity contribution in [2.24, 2.45) is 5.92 Å². The molecule has 152 valence electrons. The van der Waals surface area contributed by atoms with Crippen LogP contribution in [0.15, 0.2) is 66.4 Å². The lowest BCUT2D eigenvalue weighted by Crippen LogP contribution is -2.35. The number of hydrogen-bond donors (Lipinski definition) is 1. The molecule has 1 N–H and O–H groups in total. The monoisotopic (exact) mass is 403 g/mol. The fourth-order valence-corrected chi connectivity index (χ4v) is 3.41. The molecule has 7 heteroatoms. The summed E-state index contributed by atoms with van der Waals surface area (Å²) in [7, 11) is 0. The number of allylic oxidation sites excluding steroid dienone is 2. The van der Waals surface area contributed by atoms with E-state index >= 15 is 0 Å². The minimum absolute atomic E-state index is 0.171. The topological polar surface area (TPSA) is 55.4 Å². The molecule has 0 unspecified atom stereocenters. The molecule has 3 rings (SSSR count). The van der Waals surface area contributed by atoms with Gasteiger partial charge in [-0.05, 0) is 43.2 Å². The third kappa shape index (κ3) is 4.85. The minimum atomic E-state index is -4.41. The van der Waals surface area contributed by atoms with Crippen molar-refractivity contribution < 1.29 is 27.5 Å². The fourth-order valence-electron chi connectivity index (χ4n) is 3.41. The molecule has 0 spiro atoms. The van der Waals surface area contributed by atoms with E-state index in [9.17, 15) is 22.8 Å². The van der Waals surface area contributed by atoms with Crippen LogP contribution >= 0.6 is 0 Å². The predicted molar refractivity (Wildman–Crippen MR) is 102 cm³/mol. The first-order valence-electron chi connectivity index (χ1n) is 9.20. The molecule has 0 bridgehead atoms. The third-order valence-electron chi connectivity index (χ3n) is 4.75. The Morgan fingerprint density at radius 3 is 2.34 bits per heavy atom. The van der Waals surface area contributed by atoms with Gasteiger partial charge in [0.2, 0.25) is 0 Å². The highest BCUT2D eigenvalue weighted by Gasteiger charge is 2.39. The van der Waals surface area contributed by atoms with Gasteiger partial charge >= 0.3 is 12.1 Å². The van der Waals surface area contributed by atoms with Crippen LogP contribution in [0.3, 0.4) is 0 Å². The molecule has 1 aliphatic rings. The molecule has 2 aromatic carbocycles. The Kier molecular flexibility index (Phi) is 6.06. The molecular formula is C22H20F3NO3. The third-order valence-corrected chi connectivity index (χ3v) is 4.75. The van der Waals surface area contributed by atoms with Crippen LogP contribution < -0.4 is 5.32 Å². The van der Waals surface area contributed by atoms with E-state index in [-0.39, 0.29) is 6.61 Å². The van der Waals surface area contributed by atoms with Gasteiger partial charge in [-0.2, -0.15) is 13.2 Å². The van der Waals surface area contributed by atoms with Crippen LogP contribution in [0.1, 0.15) is 30.4 Å². The quantitative estimate of drug-likeness (QED) is 0.568. The molecule has 0 aromatic heterocycles. The Hall–Kier alpha value is -3.09. The van der Waals surface area contributed by atoms with Gasteiger partial charge in [0.25, 0.3) is 0 Å². The van der Waals surface area contributed by atoms with Gasteiger partial charge in [0, 0.05) is 23.4 Å². The SMILES string of the molecule is CCOC(=O)[C@H]1C(=O)C=C(Nc2ccc(C(F)(F)F)cc2)C[C@H]1c1ccccc1. The second-order valence-corrected chi connectivity index (χ2v) is 6.72. The van der Waals surface area contributed by atoms with E-state index < -0.39 is 35.3 Å². The molecule has 0 fully saturated rings. The zero-order valence-electron chi connectivity index (χ0n) is 15.7. The van der Waals surface area contributed by atoms with E-state index in [2.05, 4.69) is 5.32 Å². The summed E-state index contributed by atoms with van der Waals surface area (Å²) >= 11 is 0. The van der Waals surface area contributed by atoms with Gasteiger partial charge in [0.1, 0.15) is 5.92 Å². The number of alkyl halides is 3. The number of rotatable bonds is 5. The first-order valence-corrected chi connectivity index (χ1v) is 9.20. The smallest absolute Gasteiger partial charge is 0.416 e. The number of ketones is 1. The molecule has 0 heterocycles. The van der Waals surface area contributed by atoms with Crippen LogP contribution in [-0.4, -0.2) is 18.4 Å². The summed E-state index contributed by atoms with van der Waals surface area (Å²) < 4.78 is 43.3. The average Bonchev–Trinajstić information content (AvgIpc) is 2.68. The number of esters is 1. The summed E-state index contributed by atoms with van der Waals surface area (Å²) in [5.74, 6) is -2.34. The summed E-state index contributed by atoms with van der Waals surface area (Å²) in [6.45, 7) is 1.85. The highest BCUT2D eigenvalue weighted by Crippen LogP contribution is 2.37. The van der Waals surface area contributed by atoms with Crippen molar-refractivity contribution in [3.63, 3.8) is 0 Å². The molecule has 0 radical (unpaired) electrons. The van der Waals surface area contributed by atoms with E-state index in [0.29, 0.717) is 17.8 Å². The first-order chi connectivity index (χ1) is 13.8. The molecule has 29 heavy (non-hydrogen) atoms. The van der Waals surface area contributed by atoms with E-state index in [1.165, 1.54) is 18.2 Å².